The van der Waals surface area contributed by atoms with Crippen LogP contribution in [0.3, 0.4) is 0 Å². The second-order valence-electron chi connectivity index (χ2n) is 7.25. The number of nitrogens with two attached hydrogens (primary N) is 1. The molecule has 1 aliphatic rings. The first-order chi connectivity index (χ1) is 11.0. The van der Waals surface area contributed by atoms with Crippen molar-refractivity contribution < 1.29 is 18.3 Å². The number of aryl methyl sites for hydroxylation is 1. The van der Waals surface area contributed by atoms with Crippen molar-refractivity contribution in [1.29, 1.82) is 0 Å². The largest absolute Gasteiger partial charge is 0.390 e. The van der Waals surface area contributed by atoms with E-state index in [1.54, 1.807) is 24.8 Å². The molecule has 2 rings (SSSR count). The van der Waals surface area contributed by atoms with Crippen LogP contribution >= 0.6 is 0 Å². The van der Waals surface area contributed by atoms with Crippen LogP contribution in [0, 0.1) is 5.92 Å². The Balaban J connectivity index is 2.00. The van der Waals surface area contributed by atoms with Crippen LogP contribution in [0.2, 0.25) is 0 Å². The molecule has 1 heterocycles. The second-order valence-corrected chi connectivity index (χ2v) is 8.91. The van der Waals surface area contributed by atoms with Crippen molar-refractivity contribution in [1.82, 2.24) is 4.90 Å². The first-order valence-electron chi connectivity index (χ1n) is 8.14. The molecule has 0 bridgehead atoms. The van der Waals surface area contributed by atoms with E-state index in [1.807, 2.05) is 18.2 Å². The molecule has 1 aliphatic heterocycles. The van der Waals surface area contributed by atoms with E-state index in [4.69, 9.17) is 5.14 Å². The third kappa shape index (κ3) is 5.89. The Hall–Kier alpha value is -1.44. The number of nitrogens with zero attached hydrogens (tertiary/aromatic N) is 1. The highest BCUT2D eigenvalue weighted by Crippen LogP contribution is 2.21. The Bertz CT molecular complexity index is 695. The molecule has 1 saturated heterocycles. The van der Waals surface area contributed by atoms with E-state index < -0.39 is 15.6 Å². The molecule has 1 fully saturated rings. The van der Waals surface area contributed by atoms with Gasteiger partial charge in [0.05, 0.1) is 11.4 Å². The first-order valence-corrected chi connectivity index (χ1v) is 9.86. The minimum atomic E-state index is -3.51. The summed E-state index contributed by atoms with van der Waals surface area (Å²) in [5, 5.41) is 14.9. The zero-order valence-electron chi connectivity index (χ0n) is 14.2. The van der Waals surface area contributed by atoms with Crippen LogP contribution in [0.5, 0.6) is 0 Å². The number of carbonyl (C=O) groups is 1. The van der Waals surface area contributed by atoms with E-state index >= 15 is 0 Å². The molecule has 0 radical (unpaired) electrons. The van der Waals surface area contributed by atoms with Crippen LogP contribution in [0.4, 0.5) is 0 Å². The number of primary sulfonamides is 1. The van der Waals surface area contributed by atoms with Gasteiger partial charge >= 0.3 is 0 Å². The Morgan fingerprint density at radius 3 is 2.75 bits per heavy atom. The molecule has 3 N–H and O–H groups in total. The van der Waals surface area contributed by atoms with E-state index in [0.717, 1.165) is 5.56 Å². The predicted molar refractivity (Wildman–Crippen MR) is 93.0 cm³/mol. The smallest absolute Gasteiger partial charge is 0.253 e. The van der Waals surface area contributed by atoms with Crippen LogP contribution in [0.25, 0.3) is 0 Å². The fourth-order valence-electron chi connectivity index (χ4n) is 2.97. The lowest BCUT2D eigenvalue weighted by atomic mass is 9.98. The molecular formula is C17H26N2O4S. The topological polar surface area (TPSA) is 101 Å². The quantitative estimate of drug-likeness (QED) is 0.800. The average molecular weight is 354 g/mol. The van der Waals surface area contributed by atoms with Crippen molar-refractivity contribution in [2.24, 2.45) is 11.1 Å². The Morgan fingerprint density at radius 1 is 1.42 bits per heavy atom. The number of amides is 1. The maximum atomic E-state index is 12.6. The van der Waals surface area contributed by atoms with Gasteiger partial charge in [-0.25, -0.2) is 13.6 Å². The fraction of sp³-hybridized carbons (Fsp3) is 0.588. The molecule has 0 saturated carbocycles. The summed E-state index contributed by atoms with van der Waals surface area (Å²) in [6.45, 7) is 4.49. The van der Waals surface area contributed by atoms with E-state index in [0.29, 0.717) is 37.9 Å². The van der Waals surface area contributed by atoms with Gasteiger partial charge in [0, 0.05) is 18.7 Å². The number of rotatable bonds is 6. The van der Waals surface area contributed by atoms with Gasteiger partial charge in [-0.3, -0.25) is 4.79 Å². The monoisotopic (exact) mass is 354 g/mol. The second kappa shape index (κ2) is 7.21. The van der Waals surface area contributed by atoms with Gasteiger partial charge in [0.2, 0.25) is 10.0 Å². The molecule has 1 amide bonds. The number of benzene rings is 1. The maximum absolute atomic E-state index is 12.6. The molecular weight excluding hydrogens is 328 g/mol. The third-order valence-corrected chi connectivity index (χ3v) is 5.18. The van der Waals surface area contributed by atoms with E-state index in [1.165, 1.54) is 0 Å². The highest BCUT2D eigenvalue weighted by molar-refractivity contribution is 7.89. The van der Waals surface area contributed by atoms with Gasteiger partial charge in [0.25, 0.3) is 5.91 Å². The summed E-state index contributed by atoms with van der Waals surface area (Å²) < 4.78 is 22.4. The number of hydrogen-bond donors (Lipinski definition) is 2. The number of sulfonamides is 1. The van der Waals surface area contributed by atoms with Crippen molar-refractivity contribution in [3.05, 3.63) is 35.4 Å². The molecule has 6 nitrogen and oxygen atoms in total. The summed E-state index contributed by atoms with van der Waals surface area (Å²) in [6.07, 6.45) is 1.96. The van der Waals surface area contributed by atoms with Gasteiger partial charge in [-0.15, -0.1) is 0 Å². The average Bonchev–Trinajstić information content (AvgIpc) is 2.90. The molecule has 1 atom stereocenters. The lowest BCUT2D eigenvalue weighted by Gasteiger charge is -2.18. The normalized spacial score (nSPS) is 18.8. The first kappa shape index (κ1) is 18.9. The maximum Gasteiger partial charge on any atom is 0.253 e. The number of aliphatic hydroxyl groups is 1. The van der Waals surface area contributed by atoms with Crippen molar-refractivity contribution in [3.63, 3.8) is 0 Å². The van der Waals surface area contributed by atoms with Crippen LogP contribution in [0.1, 0.15) is 42.6 Å². The van der Waals surface area contributed by atoms with Crippen molar-refractivity contribution in [2.75, 3.05) is 18.8 Å². The van der Waals surface area contributed by atoms with Gasteiger partial charge < -0.3 is 10.0 Å². The SMILES string of the molecule is CC(C)(O)CCc1cccc(C(=O)N2CC[C@@H](CS(N)(=O)=O)C2)c1. The third-order valence-electron chi connectivity index (χ3n) is 4.24. The van der Waals surface area contributed by atoms with E-state index in [-0.39, 0.29) is 17.6 Å². The fourth-order valence-corrected chi connectivity index (χ4v) is 3.90. The van der Waals surface area contributed by atoms with Crippen LogP contribution in [0.15, 0.2) is 24.3 Å². The summed E-state index contributed by atoms with van der Waals surface area (Å²) in [5.74, 6) is -0.262. The minimum absolute atomic E-state index is 0.0810. The molecule has 24 heavy (non-hydrogen) atoms. The van der Waals surface area contributed by atoms with Crippen molar-refractivity contribution >= 4 is 15.9 Å². The summed E-state index contributed by atoms with van der Waals surface area (Å²) in [4.78, 5) is 14.3. The Morgan fingerprint density at radius 2 is 2.12 bits per heavy atom. The molecule has 134 valence electrons. The molecule has 1 aromatic rings. The molecule has 0 aliphatic carbocycles. The molecule has 0 aromatic heterocycles. The number of carbonyl (C=O) groups excluding carboxylic acids is 1. The van der Waals surface area contributed by atoms with Crippen molar-refractivity contribution in [2.45, 2.75) is 38.7 Å². The number of hydrogen-bond acceptors (Lipinski definition) is 4. The summed E-state index contributed by atoms with van der Waals surface area (Å²) in [6, 6.07) is 7.39. The van der Waals surface area contributed by atoms with E-state index in [9.17, 15) is 18.3 Å². The van der Waals surface area contributed by atoms with Gasteiger partial charge in [-0.1, -0.05) is 12.1 Å². The van der Waals surface area contributed by atoms with Crippen molar-refractivity contribution in [3.8, 4) is 0 Å². The zero-order chi connectivity index (χ0) is 18.0. The van der Waals surface area contributed by atoms with E-state index in [2.05, 4.69) is 0 Å². The minimum Gasteiger partial charge on any atom is -0.390 e. The van der Waals surface area contributed by atoms with Gasteiger partial charge in [0.15, 0.2) is 0 Å². The summed E-state index contributed by atoms with van der Waals surface area (Å²) >= 11 is 0. The lowest BCUT2D eigenvalue weighted by molar-refractivity contribution is 0.0714. The molecule has 0 spiro atoms. The standard InChI is InChI=1S/C17H26N2O4S/c1-17(2,21)8-6-13-4-3-5-15(10-13)16(20)19-9-7-14(11-19)12-24(18,22)23/h3-5,10,14,21H,6-9,11-12H2,1-2H3,(H2,18,22,23)/t14-/m1/s1. The molecule has 7 heteroatoms. The highest BCUT2D eigenvalue weighted by atomic mass is 32.2. The van der Waals surface area contributed by atoms with Crippen LogP contribution in [-0.2, 0) is 16.4 Å². The highest BCUT2D eigenvalue weighted by Gasteiger charge is 2.29. The summed E-state index contributed by atoms with van der Waals surface area (Å²) in [7, 11) is -3.51. The Kier molecular flexibility index (Phi) is 5.67. The zero-order valence-corrected chi connectivity index (χ0v) is 15.1. The molecule has 0 unspecified atom stereocenters. The predicted octanol–water partition coefficient (Wildman–Crippen LogP) is 1.14. The van der Waals surface area contributed by atoms with Gasteiger partial charge in [0.1, 0.15) is 0 Å². The van der Waals surface area contributed by atoms with Gasteiger partial charge in [-0.05, 0) is 56.7 Å². The summed E-state index contributed by atoms with van der Waals surface area (Å²) in [5.41, 5.74) is 0.860. The Labute approximate surface area is 143 Å². The number of likely N-dealkylation sites (tertiary alicyclic amines) is 1. The molecule has 1 aromatic carbocycles. The van der Waals surface area contributed by atoms with Crippen LogP contribution < -0.4 is 5.14 Å². The van der Waals surface area contributed by atoms with Gasteiger partial charge in [-0.2, -0.15) is 0 Å². The van der Waals surface area contributed by atoms with Crippen LogP contribution in [-0.4, -0.2) is 48.8 Å². The lowest BCUT2D eigenvalue weighted by Crippen LogP contribution is -2.30.